The molecule has 0 aliphatic heterocycles. The molecule has 112 valence electrons. The molecule has 0 saturated heterocycles. The highest BCUT2D eigenvalue weighted by molar-refractivity contribution is 5.94. The molecule has 1 aromatic heterocycles. The minimum Gasteiger partial charge on any atom is -0.385 e. The molecule has 0 aliphatic rings. The molecule has 0 spiro atoms. The van der Waals surface area contributed by atoms with Crippen molar-refractivity contribution in [3.63, 3.8) is 0 Å². The summed E-state index contributed by atoms with van der Waals surface area (Å²) >= 11 is 0. The van der Waals surface area contributed by atoms with E-state index in [1.807, 2.05) is 44.4 Å². The molecule has 0 fully saturated rings. The van der Waals surface area contributed by atoms with Gasteiger partial charge >= 0.3 is 0 Å². The van der Waals surface area contributed by atoms with Crippen LogP contribution >= 0.6 is 0 Å². The smallest absolute Gasteiger partial charge is 0.251 e. The largest absolute Gasteiger partial charge is 0.385 e. The number of rotatable bonds is 6. The number of carbonyl (C=O) groups excluding carboxylic acids is 1. The van der Waals surface area contributed by atoms with E-state index in [0.29, 0.717) is 12.1 Å². The Kier molecular flexibility index (Phi) is 4.98. The van der Waals surface area contributed by atoms with E-state index < -0.39 is 0 Å². The van der Waals surface area contributed by atoms with Crippen LogP contribution in [0.3, 0.4) is 0 Å². The molecule has 1 aromatic carbocycles. The van der Waals surface area contributed by atoms with Crippen LogP contribution in [0.2, 0.25) is 0 Å². The van der Waals surface area contributed by atoms with Crippen LogP contribution in [-0.4, -0.2) is 22.2 Å². The van der Waals surface area contributed by atoms with Crippen LogP contribution < -0.4 is 10.6 Å². The zero-order chi connectivity index (χ0) is 15.2. The van der Waals surface area contributed by atoms with Gasteiger partial charge in [-0.2, -0.15) is 5.10 Å². The second-order valence-electron chi connectivity index (χ2n) is 5.12. The first-order valence-corrected chi connectivity index (χ1v) is 7.21. The molecule has 5 heteroatoms. The molecule has 0 bridgehead atoms. The molecule has 1 amide bonds. The van der Waals surface area contributed by atoms with Crippen molar-refractivity contribution in [2.75, 3.05) is 11.9 Å². The van der Waals surface area contributed by atoms with Crippen LogP contribution in [0.5, 0.6) is 0 Å². The number of anilines is 1. The van der Waals surface area contributed by atoms with E-state index >= 15 is 0 Å². The Balaban J connectivity index is 1.97. The molecule has 2 N–H and O–H groups in total. The Morgan fingerprint density at radius 3 is 2.76 bits per heavy atom. The van der Waals surface area contributed by atoms with Gasteiger partial charge in [-0.25, -0.2) is 0 Å². The zero-order valence-electron chi connectivity index (χ0n) is 12.8. The van der Waals surface area contributed by atoms with Gasteiger partial charge in [0.15, 0.2) is 0 Å². The summed E-state index contributed by atoms with van der Waals surface area (Å²) in [7, 11) is 1.86. The highest BCUT2D eigenvalue weighted by Crippen LogP contribution is 2.16. The topological polar surface area (TPSA) is 59.0 Å². The number of aryl methyl sites for hydroxylation is 2. The number of benzene rings is 1. The van der Waals surface area contributed by atoms with Gasteiger partial charge in [0.25, 0.3) is 5.91 Å². The van der Waals surface area contributed by atoms with E-state index in [2.05, 4.69) is 22.7 Å². The van der Waals surface area contributed by atoms with Crippen LogP contribution in [0.1, 0.15) is 35.0 Å². The third-order valence-corrected chi connectivity index (χ3v) is 3.25. The molecule has 2 aromatic rings. The Hall–Kier alpha value is -2.30. The van der Waals surface area contributed by atoms with Gasteiger partial charge in [-0.15, -0.1) is 0 Å². The van der Waals surface area contributed by atoms with Crippen LogP contribution in [-0.2, 0) is 13.6 Å². The number of hydrogen-bond donors (Lipinski definition) is 2. The average Bonchev–Trinajstić information content (AvgIpc) is 2.89. The standard InChI is InChI=1S/C16H22N4O/c1-4-8-17-15-6-5-13(10-12(15)2)16(21)18-11-14-7-9-20(3)19-14/h5-7,9-10,17H,4,8,11H2,1-3H3,(H,18,21). The predicted molar refractivity (Wildman–Crippen MR) is 84.3 cm³/mol. The van der Waals surface area contributed by atoms with E-state index in [4.69, 9.17) is 0 Å². The fourth-order valence-corrected chi connectivity index (χ4v) is 2.09. The van der Waals surface area contributed by atoms with Crippen LogP contribution in [0.15, 0.2) is 30.5 Å². The maximum atomic E-state index is 12.1. The van der Waals surface area contributed by atoms with Crippen molar-refractivity contribution in [1.29, 1.82) is 0 Å². The van der Waals surface area contributed by atoms with Gasteiger partial charge in [-0.1, -0.05) is 6.92 Å². The molecule has 2 rings (SSSR count). The fraction of sp³-hybridized carbons (Fsp3) is 0.375. The molecule has 0 aliphatic carbocycles. The van der Waals surface area contributed by atoms with Crippen LogP contribution in [0.4, 0.5) is 5.69 Å². The first-order valence-electron chi connectivity index (χ1n) is 7.21. The lowest BCUT2D eigenvalue weighted by atomic mass is 10.1. The van der Waals surface area contributed by atoms with Gasteiger partial charge in [-0.05, 0) is 43.2 Å². The van der Waals surface area contributed by atoms with Crippen molar-refractivity contribution >= 4 is 11.6 Å². The normalized spacial score (nSPS) is 10.4. The maximum Gasteiger partial charge on any atom is 0.251 e. The summed E-state index contributed by atoms with van der Waals surface area (Å²) in [5.41, 5.74) is 3.68. The van der Waals surface area contributed by atoms with E-state index in [1.165, 1.54) is 0 Å². The molecule has 21 heavy (non-hydrogen) atoms. The summed E-state index contributed by atoms with van der Waals surface area (Å²) in [5.74, 6) is -0.0780. The Bertz CT molecular complexity index is 618. The zero-order valence-corrected chi connectivity index (χ0v) is 12.8. The third kappa shape index (κ3) is 4.08. The monoisotopic (exact) mass is 286 g/mol. The van der Waals surface area contributed by atoms with E-state index in [9.17, 15) is 4.79 Å². The lowest BCUT2D eigenvalue weighted by Gasteiger charge is -2.10. The number of amides is 1. The molecular weight excluding hydrogens is 264 g/mol. The summed E-state index contributed by atoms with van der Waals surface area (Å²) in [4.78, 5) is 12.1. The number of carbonyl (C=O) groups is 1. The highest BCUT2D eigenvalue weighted by atomic mass is 16.1. The van der Waals surface area contributed by atoms with E-state index in [0.717, 1.165) is 29.9 Å². The number of hydrogen-bond acceptors (Lipinski definition) is 3. The lowest BCUT2D eigenvalue weighted by Crippen LogP contribution is -2.23. The minimum absolute atomic E-state index is 0.0780. The summed E-state index contributed by atoms with van der Waals surface area (Å²) in [6.07, 6.45) is 2.94. The van der Waals surface area contributed by atoms with Gasteiger partial charge in [-0.3, -0.25) is 9.48 Å². The SMILES string of the molecule is CCCNc1ccc(C(=O)NCc2ccn(C)n2)cc1C. The molecule has 5 nitrogen and oxygen atoms in total. The van der Waals surface area contributed by atoms with Gasteiger partial charge < -0.3 is 10.6 Å². The number of nitrogens with zero attached hydrogens (tertiary/aromatic N) is 2. The molecule has 0 radical (unpaired) electrons. The minimum atomic E-state index is -0.0780. The van der Waals surface area contributed by atoms with Crippen molar-refractivity contribution in [2.45, 2.75) is 26.8 Å². The quantitative estimate of drug-likeness (QED) is 0.857. The van der Waals surface area contributed by atoms with Crippen LogP contribution in [0, 0.1) is 6.92 Å². The fourth-order valence-electron chi connectivity index (χ4n) is 2.09. The van der Waals surface area contributed by atoms with Crippen molar-refractivity contribution in [1.82, 2.24) is 15.1 Å². The van der Waals surface area contributed by atoms with Crippen molar-refractivity contribution < 1.29 is 4.79 Å². The van der Waals surface area contributed by atoms with Gasteiger partial charge in [0.2, 0.25) is 0 Å². The van der Waals surface area contributed by atoms with Gasteiger partial charge in [0, 0.05) is 31.0 Å². The molecule has 0 unspecified atom stereocenters. The summed E-state index contributed by atoms with van der Waals surface area (Å²) in [6, 6.07) is 7.61. The Morgan fingerprint density at radius 1 is 1.33 bits per heavy atom. The molecule has 0 saturated carbocycles. The summed E-state index contributed by atoms with van der Waals surface area (Å²) in [5, 5.41) is 10.5. The number of aromatic nitrogens is 2. The summed E-state index contributed by atoms with van der Waals surface area (Å²) in [6.45, 7) is 5.51. The molecule has 1 heterocycles. The second kappa shape index (κ2) is 6.92. The molecule has 0 atom stereocenters. The number of nitrogens with one attached hydrogen (secondary N) is 2. The van der Waals surface area contributed by atoms with Gasteiger partial charge in [0.05, 0.1) is 12.2 Å². The summed E-state index contributed by atoms with van der Waals surface area (Å²) < 4.78 is 1.72. The second-order valence-corrected chi connectivity index (χ2v) is 5.12. The Labute approximate surface area is 125 Å². The third-order valence-electron chi connectivity index (χ3n) is 3.25. The van der Waals surface area contributed by atoms with Crippen LogP contribution in [0.25, 0.3) is 0 Å². The maximum absolute atomic E-state index is 12.1. The average molecular weight is 286 g/mol. The van der Waals surface area contributed by atoms with Crippen molar-refractivity contribution in [3.8, 4) is 0 Å². The predicted octanol–water partition coefficient (Wildman–Crippen LogP) is 2.48. The Morgan fingerprint density at radius 2 is 2.14 bits per heavy atom. The van der Waals surface area contributed by atoms with Crippen molar-refractivity contribution in [2.24, 2.45) is 7.05 Å². The van der Waals surface area contributed by atoms with E-state index in [1.54, 1.807) is 4.68 Å². The van der Waals surface area contributed by atoms with E-state index in [-0.39, 0.29) is 5.91 Å². The highest BCUT2D eigenvalue weighted by Gasteiger charge is 2.08. The first kappa shape index (κ1) is 15.1. The first-order chi connectivity index (χ1) is 10.1. The molecular formula is C16H22N4O. The van der Waals surface area contributed by atoms with Gasteiger partial charge in [0.1, 0.15) is 0 Å². The lowest BCUT2D eigenvalue weighted by molar-refractivity contribution is 0.0950. The van der Waals surface area contributed by atoms with Crippen molar-refractivity contribution in [3.05, 3.63) is 47.3 Å².